The summed E-state index contributed by atoms with van der Waals surface area (Å²) in [6.45, 7) is 6.15. The van der Waals surface area contributed by atoms with Crippen molar-refractivity contribution in [2.24, 2.45) is 20.6 Å². The second-order valence-corrected chi connectivity index (χ2v) is 2.74. The molecule has 0 atom stereocenters. The van der Waals surface area contributed by atoms with Crippen LogP contribution in [-0.4, -0.2) is 54.6 Å². The van der Waals surface area contributed by atoms with E-state index < -0.39 is 0 Å². The fourth-order valence-electron chi connectivity index (χ4n) is 0.289. The van der Waals surface area contributed by atoms with Gasteiger partial charge in [0.2, 0.25) is 0 Å². The van der Waals surface area contributed by atoms with Crippen LogP contribution in [0.3, 0.4) is 0 Å². The van der Waals surface area contributed by atoms with Crippen molar-refractivity contribution in [1.82, 2.24) is 0 Å². The van der Waals surface area contributed by atoms with Gasteiger partial charge in [-0.15, -0.1) is 0 Å². The van der Waals surface area contributed by atoms with E-state index in [1.165, 1.54) is 27.7 Å². The van der Waals surface area contributed by atoms with E-state index in [-0.39, 0.29) is 27.7 Å². The maximum atomic E-state index is 8.03. The Kier molecular flexibility index (Phi) is 29.9. The monoisotopic (exact) mass is 327 g/mol. The maximum absolute atomic E-state index is 8.03. The molecule has 19 heavy (non-hydrogen) atoms. The summed E-state index contributed by atoms with van der Waals surface area (Å²) in [6, 6.07) is 0. The van der Waals surface area contributed by atoms with Crippen LogP contribution >= 0.6 is 0 Å². The minimum Gasteiger partial charge on any atom is -0.412 e. The molecular weight excluding hydrogens is 307 g/mol. The molecule has 0 aromatic heterocycles. The topological polar surface area (TPSA) is 193 Å². The van der Waals surface area contributed by atoms with E-state index in [2.05, 4.69) is 20.6 Å². The molecular formula is C8H20CoN4O6+2. The standard InChI is InChI=1S/2C4H8N2O2.Co.2H2O/c2*1-3(5-7)4(2)6-8;;;/h2*7-8H,1-2H3;;2*1H2/q;;+2;;/b2*5-3+,6-4+;;;. The van der Waals surface area contributed by atoms with E-state index in [0.717, 1.165) is 0 Å². The maximum Gasteiger partial charge on any atom is 2.00 e. The molecule has 0 bridgehead atoms. The third-order valence-corrected chi connectivity index (χ3v) is 1.65. The molecule has 10 nitrogen and oxygen atoms in total. The van der Waals surface area contributed by atoms with Gasteiger partial charge < -0.3 is 31.8 Å². The Morgan fingerprint density at radius 3 is 0.684 bits per heavy atom. The molecule has 0 heterocycles. The molecule has 0 amide bonds. The quantitative estimate of drug-likeness (QED) is 0.308. The van der Waals surface area contributed by atoms with E-state index in [4.69, 9.17) is 20.8 Å². The predicted molar refractivity (Wildman–Crippen MR) is 66.8 cm³/mol. The van der Waals surface area contributed by atoms with Gasteiger partial charge in [-0.2, -0.15) is 0 Å². The molecule has 0 aliphatic carbocycles. The molecule has 0 spiro atoms. The van der Waals surface area contributed by atoms with Gasteiger partial charge in [-0.05, 0) is 27.7 Å². The van der Waals surface area contributed by atoms with E-state index >= 15 is 0 Å². The van der Waals surface area contributed by atoms with Crippen molar-refractivity contribution in [2.75, 3.05) is 0 Å². The first-order chi connectivity index (χ1) is 7.44. The van der Waals surface area contributed by atoms with Gasteiger partial charge in [0.15, 0.2) is 0 Å². The first-order valence-corrected chi connectivity index (χ1v) is 4.19. The molecule has 115 valence electrons. The van der Waals surface area contributed by atoms with Crippen LogP contribution in [0.25, 0.3) is 0 Å². The summed E-state index contributed by atoms with van der Waals surface area (Å²) < 4.78 is 0. The van der Waals surface area contributed by atoms with Crippen LogP contribution in [0.1, 0.15) is 27.7 Å². The van der Waals surface area contributed by atoms with E-state index in [0.29, 0.717) is 22.8 Å². The van der Waals surface area contributed by atoms with Crippen molar-refractivity contribution >= 4 is 22.8 Å². The zero-order valence-corrected chi connectivity index (χ0v) is 12.0. The molecule has 8 N–H and O–H groups in total. The minimum absolute atomic E-state index is 0. The molecule has 0 fully saturated rings. The van der Waals surface area contributed by atoms with Crippen molar-refractivity contribution in [3.05, 3.63) is 0 Å². The molecule has 1 radical (unpaired) electrons. The van der Waals surface area contributed by atoms with E-state index in [1.54, 1.807) is 0 Å². The van der Waals surface area contributed by atoms with Crippen LogP contribution in [-0.2, 0) is 16.8 Å². The van der Waals surface area contributed by atoms with Gasteiger partial charge in [0.05, 0.1) is 0 Å². The van der Waals surface area contributed by atoms with Crippen molar-refractivity contribution in [2.45, 2.75) is 27.7 Å². The second kappa shape index (κ2) is 18.7. The number of hydrogen-bond donors (Lipinski definition) is 4. The molecule has 0 unspecified atom stereocenters. The van der Waals surface area contributed by atoms with E-state index in [9.17, 15) is 0 Å². The van der Waals surface area contributed by atoms with Crippen molar-refractivity contribution in [3.8, 4) is 0 Å². The largest absolute Gasteiger partial charge is 2.00 e. The molecule has 0 saturated heterocycles. The third kappa shape index (κ3) is 16.3. The first-order valence-electron chi connectivity index (χ1n) is 4.19. The fraction of sp³-hybridized carbons (Fsp3) is 0.500. The summed E-state index contributed by atoms with van der Waals surface area (Å²) in [5.74, 6) is 0. The summed E-state index contributed by atoms with van der Waals surface area (Å²) in [5.41, 5.74) is 1.25. The number of hydrogen-bond acceptors (Lipinski definition) is 8. The summed E-state index contributed by atoms with van der Waals surface area (Å²) in [5, 5.41) is 43.3. The zero-order chi connectivity index (χ0) is 13.1. The van der Waals surface area contributed by atoms with Gasteiger partial charge in [0.25, 0.3) is 0 Å². The van der Waals surface area contributed by atoms with Crippen molar-refractivity contribution < 1.29 is 48.6 Å². The fourth-order valence-corrected chi connectivity index (χ4v) is 0.289. The van der Waals surface area contributed by atoms with Gasteiger partial charge in [0.1, 0.15) is 22.8 Å². The molecule has 0 aromatic rings. The Morgan fingerprint density at radius 1 is 0.526 bits per heavy atom. The van der Waals surface area contributed by atoms with Crippen LogP contribution in [0.4, 0.5) is 0 Å². The summed E-state index contributed by atoms with van der Waals surface area (Å²) >= 11 is 0. The zero-order valence-electron chi connectivity index (χ0n) is 10.9. The van der Waals surface area contributed by atoms with Crippen molar-refractivity contribution in [3.63, 3.8) is 0 Å². The Labute approximate surface area is 120 Å². The Morgan fingerprint density at radius 2 is 0.632 bits per heavy atom. The Hall–Kier alpha value is -1.69. The molecule has 0 aromatic carbocycles. The van der Waals surface area contributed by atoms with Crippen LogP contribution in [0.2, 0.25) is 0 Å². The van der Waals surface area contributed by atoms with Crippen LogP contribution in [0.5, 0.6) is 0 Å². The smallest absolute Gasteiger partial charge is 0.412 e. The average molecular weight is 327 g/mol. The molecule has 0 rings (SSSR count). The summed E-state index contributed by atoms with van der Waals surface area (Å²) in [7, 11) is 0. The molecule has 11 heteroatoms. The van der Waals surface area contributed by atoms with Crippen LogP contribution in [0.15, 0.2) is 20.6 Å². The van der Waals surface area contributed by atoms with Crippen LogP contribution in [0, 0.1) is 0 Å². The average Bonchev–Trinajstić information content (AvgIpc) is 2.35. The Balaban J connectivity index is -0.0000000594. The summed E-state index contributed by atoms with van der Waals surface area (Å²) in [6.07, 6.45) is 0. The van der Waals surface area contributed by atoms with Gasteiger partial charge in [0, 0.05) is 0 Å². The number of rotatable bonds is 2. The van der Waals surface area contributed by atoms with Crippen molar-refractivity contribution in [1.29, 1.82) is 0 Å². The molecule has 0 aliphatic rings. The van der Waals surface area contributed by atoms with Gasteiger partial charge in [-0.1, -0.05) is 20.6 Å². The predicted octanol–water partition coefficient (Wildman–Crippen LogP) is -0.279. The molecule has 0 aliphatic heterocycles. The van der Waals surface area contributed by atoms with Gasteiger partial charge in [-0.3, -0.25) is 0 Å². The van der Waals surface area contributed by atoms with Gasteiger partial charge >= 0.3 is 16.8 Å². The minimum atomic E-state index is 0. The third-order valence-electron chi connectivity index (χ3n) is 1.65. The normalized spacial score (nSPS) is 12.0. The SMILES string of the molecule is CC(=N\O)/C(C)=N/O.CC(=N\O)/C(C)=N/O.O.O.[Co+2]. The summed E-state index contributed by atoms with van der Waals surface area (Å²) in [4.78, 5) is 0. The second-order valence-electron chi connectivity index (χ2n) is 2.74. The number of nitrogens with zero attached hydrogens (tertiary/aromatic N) is 4. The van der Waals surface area contributed by atoms with Gasteiger partial charge in [-0.25, -0.2) is 0 Å². The number of oxime groups is 4. The first kappa shape index (κ1) is 30.4. The van der Waals surface area contributed by atoms with Crippen LogP contribution < -0.4 is 0 Å². The molecule has 0 saturated carbocycles. The Bertz CT molecular complexity index is 265. The van der Waals surface area contributed by atoms with E-state index in [1.807, 2.05) is 0 Å².